The molecule has 0 bridgehead atoms. The molecule has 5 heteroatoms. The number of nitrogens with zero attached hydrogens (tertiary/aromatic N) is 2. The summed E-state index contributed by atoms with van der Waals surface area (Å²) in [5.41, 5.74) is 6.29. The Morgan fingerprint density at radius 2 is 2.27 bits per heavy atom. The molecule has 2 rings (SSSR count). The van der Waals surface area contributed by atoms with Crippen molar-refractivity contribution in [3.8, 4) is 0 Å². The Balaban J connectivity index is 2.13. The van der Waals surface area contributed by atoms with Crippen LogP contribution in [0, 0.1) is 0 Å². The smallest absolute Gasteiger partial charge is 0.126 e. The molecule has 0 spiro atoms. The van der Waals surface area contributed by atoms with Gasteiger partial charge in [0, 0.05) is 41.4 Å². The fourth-order valence-electron chi connectivity index (χ4n) is 1.89. The van der Waals surface area contributed by atoms with Crippen LogP contribution >= 0.6 is 23.5 Å². The van der Waals surface area contributed by atoms with Crippen molar-refractivity contribution in [3.63, 3.8) is 0 Å². The van der Waals surface area contributed by atoms with E-state index in [0.29, 0.717) is 10.5 Å². The van der Waals surface area contributed by atoms with Gasteiger partial charge in [0.05, 0.1) is 6.04 Å². The summed E-state index contributed by atoms with van der Waals surface area (Å²) in [5, 5.41) is 1.11. The van der Waals surface area contributed by atoms with Crippen LogP contribution in [0.2, 0.25) is 0 Å². The molecular weight excluding hydrogens is 226 g/mol. The van der Waals surface area contributed by atoms with Crippen molar-refractivity contribution in [2.75, 3.05) is 11.5 Å². The van der Waals surface area contributed by atoms with Crippen molar-refractivity contribution in [3.05, 3.63) is 18.2 Å². The van der Waals surface area contributed by atoms with Crippen molar-refractivity contribution < 1.29 is 0 Å². The maximum absolute atomic E-state index is 6.29. The summed E-state index contributed by atoms with van der Waals surface area (Å²) < 4.78 is 2.03. The largest absolute Gasteiger partial charge is 0.337 e. The third kappa shape index (κ3) is 2.34. The average molecular weight is 243 g/mol. The van der Waals surface area contributed by atoms with E-state index in [9.17, 15) is 0 Å². The molecule has 0 radical (unpaired) electrons. The predicted octanol–water partition coefficient (Wildman–Crippen LogP) is 1.66. The molecule has 1 aromatic rings. The Morgan fingerprint density at radius 3 is 2.87 bits per heavy atom. The van der Waals surface area contributed by atoms with Gasteiger partial charge in [0.2, 0.25) is 0 Å². The van der Waals surface area contributed by atoms with Gasteiger partial charge in [-0.25, -0.2) is 4.98 Å². The Kier molecular flexibility index (Phi) is 3.64. The predicted molar refractivity (Wildman–Crippen MR) is 68.3 cm³/mol. The van der Waals surface area contributed by atoms with Crippen LogP contribution in [0.1, 0.15) is 18.8 Å². The first-order chi connectivity index (χ1) is 7.20. The molecule has 15 heavy (non-hydrogen) atoms. The summed E-state index contributed by atoms with van der Waals surface area (Å²) in [4.78, 5) is 4.34. The van der Waals surface area contributed by atoms with E-state index >= 15 is 0 Å². The SMILES string of the molecule is CC1SCCSC1C(N)c1nccn1C. The zero-order valence-electron chi connectivity index (χ0n) is 9.09. The molecule has 3 nitrogen and oxygen atoms in total. The van der Waals surface area contributed by atoms with Crippen LogP contribution in [0.5, 0.6) is 0 Å². The number of thioether (sulfide) groups is 2. The summed E-state index contributed by atoms with van der Waals surface area (Å²) in [7, 11) is 2.01. The van der Waals surface area contributed by atoms with Crippen molar-refractivity contribution in [2.24, 2.45) is 12.8 Å². The standard InChI is InChI=1S/C10H17N3S2/c1-7-9(15-6-5-14-7)8(11)10-12-3-4-13(10)2/h3-4,7-9H,5-6,11H2,1-2H3. The maximum Gasteiger partial charge on any atom is 0.126 e. The fraction of sp³-hybridized carbons (Fsp3) is 0.700. The molecule has 2 heterocycles. The van der Waals surface area contributed by atoms with E-state index in [4.69, 9.17) is 5.73 Å². The van der Waals surface area contributed by atoms with Crippen molar-refractivity contribution in [1.82, 2.24) is 9.55 Å². The first-order valence-corrected chi connectivity index (χ1v) is 7.26. The third-order valence-corrected chi connectivity index (χ3v) is 5.96. The Morgan fingerprint density at radius 1 is 1.53 bits per heavy atom. The van der Waals surface area contributed by atoms with Gasteiger partial charge < -0.3 is 10.3 Å². The lowest BCUT2D eigenvalue weighted by Crippen LogP contribution is -2.35. The number of hydrogen-bond donors (Lipinski definition) is 1. The minimum atomic E-state index is 0.0535. The second kappa shape index (κ2) is 4.80. The van der Waals surface area contributed by atoms with Gasteiger partial charge in [-0.15, -0.1) is 0 Å². The Bertz CT molecular complexity index is 326. The molecular formula is C10H17N3S2. The van der Waals surface area contributed by atoms with Gasteiger partial charge in [0.1, 0.15) is 5.82 Å². The molecule has 0 aliphatic carbocycles. The second-order valence-electron chi connectivity index (χ2n) is 3.83. The monoisotopic (exact) mass is 243 g/mol. The van der Waals surface area contributed by atoms with Crippen molar-refractivity contribution in [2.45, 2.75) is 23.5 Å². The molecule has 1 aliphatic heterocycles. The maximum atomic E-state index is 6.29. The molecule has 1 aliphatic rings. The second-order valence-corrected chi connectivity index (χ2v) is 6.60. The van der Waals surface area contributed by atoms with Crippen molar-refractivity contribution in [1.29, 1.82) is 0 Å². The molecule has 84 valence electrons. The zero-order valence-corrected chi connectivity index (χ0v) is 10.7. The summed E-state index contributed by atoms with van der Waals surface area (Å²) >= 11 is 4.01. The van der Waals surface area contributed by atoms with Crippen LogP contribution in [-0.2, 0) is 7.05 Å². The number of hydrogen-bond acceptors (Lipinski definition) is 4. The molecule has 2 N–H and O–H groups in total. The summed E-state index contributed by atoms with van der Waals surface area (Å²) in [6, 6.07) is 0.0535. The average Bonchev–Trinajstić information content (AvgIpc) is 2.64. The zero-order chi connectivity index (χ0) is 10.8. The number of aryl methyl sites for hydroxylation is 1. The van der Waals surface area contributed by atoms with Crippen LogP contribution in [-0.4, -0.2) is 31.6 Å². The summed E-state index contributed by atoms with van der Waals surface area (Å²) in [6.45, 7) is 2.27. The molecule has 1 fully saturated rings. The van der Waals surface area contributed by atoms with E-state index in [1.807, 2.05) is 47.5 Å². The number of aromatic nitrogens is 2. The van der Waals surface area contributed by atoms with Crippen LogP contribution in [0.15, 0.2) is 12.4 Å². The third-order valence-electron chi connectivity index (χ3n) is 2.75. The molecule has 3 unspecified atom stereocenters. The van der Waals surface area contributed by atoms with E-state index in [1.165, 1.54) is 11.5 Å². The van der Waals surface area contributed by atoms with Gasteiger partial charge >= 0.3 is 0 Å². The van der Waals surface area contributed by atoms with Gasteiger partial charge in [-0.3, -0.25) is 0 Å². The van der Waals surface area contributed by atoms with Gasteiger partial charge in [0.15, 0.2) is 0 Å². The van der Waals surface area contributed by atoms with E-state index in [-0.39, 0.29) is 6.04 Å². The number of imidazole rings is 1. The van der Waals surface area contributed by atoms with Crippen LogP contribution < -0.4 is 5.73 Å². The lowest BCUT2D eigenvalue weighted by atomic mass is 10.1. The molecule has 3 atom stereocenters. The van der Waals surface area contributed by atoms with Crippen LogP contribution in [0.25, 0.3) is 0 Å². The normalized spacial score (nSPS) is 29.0. The minimum absolute atomic E-state index is 0.0535. The highest BCUT2D eigenvalue weighted by molar-refractivity contribution is 8.07. The summed E-state index contributed by atoms with van der Waals surface area (Å²) in [5.74, 6) is 3.45. The lowest BCUT2D eigenvalue weighted by molar-refractivity contribution is 0.598. The highest BCUT2D eigenvalue weighted by atomic mass is 32.2. The van der Waals surface area contributed by atoms with E-state index in [2.05, 4.69) is 11.9 Å². The lowest BCUT2D eigenvalue weighted by Gasteiger charge is -2.31. The van der Waals surface area contributed by atoms with E-state index in [0.717, 1.165) is 5.82 Å². The molecule has 1 aromatic heterocycles. The van der Waals surface area contributed by atoms with Gasteiger partial charge in [-0.2, -0.15) is 23.5 Å². The molecule has 0 amide bonds. The fourth-order valence-corrected chi connectivity index (χ4v) is 4.73. The first-order valence-electron chi connectivity index (χ1n) is 5.16. The van der Waals surface area contributed by atoms with Gasteiger partial charge in [0.25, 0.3) is 0 Å². The Labute approximate surface area is 99.2 Å². The molecule has 0 aromatic carbocycles. The first kappa shape index (κ1) is 11.4. The number of nitrogens with two attached hydrogens (primary N) is 1. The van der Waals surface area contributed by atoms with E-state index in [1.54, 1.807) is 0 Å². The summed E-state index contributed by atoms with van der Waals surface area (Å²) in [6.07, 6.45) is 3.78. The van der Waals surface area contributed by atoms with Crippen molar-refractivity contribution >= 4 is 23.5 Å². The minimum Gasteiger partial charge on any atom is -0.337 e. The topological polar surface area (TPSA) is 43.8 Å². The van der Waals surface area contributed by atoms with Gasteiger partial charge in [-0.05, 0) is 0 Å². The molecule has 0 saturated carbocycles. The highest BCUT2D eigenvalue weighted by Gasteiger charge is 2.30. The van der Waals surface area contributed by atoms with Crippen LogP contribution in [0.3, 0.4) is 0 Å². The highest BCUT2D eigenvalue weighted by Crippen LogP contribution is 2.36. The van der Waals surface area contributed by atoms with Gasteiger partial charge in [-0.1, -0.05) is 6.92 Å². The quantitative estimate of drug-likeness (QED) is 0.858. The Hall–Kier alpha value is -0.130. The van der Waals surface area contributed by atoms with E-state index < -0.39 is 0 Å². The molecule has 1 saturated heterocycles. The number of rotatable bonds is 2. The van der Waals surface area contributed by atoms with Crippen LogP contribution in [0.4, 0.5) is 0 Å².